The number of aromatic nitrogens is 2. The number of fused-ring (bicyclic) bond motifs is 1. The van der Waals surface area contributed by atoms with Gasteiger partial charge in [0.2, 0.25) is 5.95 Å². The average Bonchev–Trinajstić information content (AvgIpc) is 2.80. The summed E-state index contributed by atoms with van der Waals surface area (Å²) in [6.45, 7) is 1.20. The van der Waals surface area contributed by atoms with Crippen LogP contribution >= 0.6 is 43.6 Å². The van der Waals surface area contributed by atoms with E-state index in [1.807, 2.05) is 7.05 Å². The summed E-state index contributed by atoms with van der Waals surface area (Å²) in [5.41, 5.74) is 2.29. The van der Waals surface area contributed by atoms with E-state index < -0.39 is 24.3 Å². The highest BCUT2D eigenvalue weighted by atomic mass is 35.5. The highest BCUT2D eigenvalue weighted by Gasteiger charge is 2.22. The number of hydrogen-bond donors (Lipinski definition) is 2. The van der Waals surface area contributed by atoms with Crippen molar-refractivity contribution in [1.82, 2.24) is 14.9 Å². The SMILES string of the molecule is CN1CCc2cc(OC(F)F)c(Nc3ncc(Cl)c(Nc4ccc(OS(=O)(=O)F)cc4P(C)(C)=O)n3)cc2C1.Cl.Cl. The van der Waals surface area contributed by atoms with Crippen molar-refractivity contribution in [3.05, 3.63) is 52.7 Å². The number of nitrogens with one attached hydrogen (secondary N) is 2. The molecule has 0 atom stereocenters. The third kappa shape index (κ3) is 9.25. The predicted molar refractivity (Wildman–Crippen MR) is 157 cm³/mol. The van der Waals surface area contributed by atoms with Crippen LogP contribution < -0.4 is 24.9 Å². The third-order valence-electron chi connectivity index (χ3n) is 5.71. The quantitative estimate of drug-likeness (QED) is 0.209. The van der Waals surface area contributed by atoms with Gasteiger partial charge in [0.05, 0.1) is 17.6 Å². The van der Waals surface area contributed by atoms with Crippen molar-refractivity contribution in [1.29, 1.82) is 0 Å². The van der Waals surface area contributed by atoms with Gasteiger partial charge >= 0.3 is 17.1 Å². The minimum absolute atomic E-state index is 0. The first-order chi connectivity index (χ1) is 18.2. The van der Waals surface area contributed by atoms with Gasteiger partial charge in [0.25, 0.3) is 0 Å². The smallest absolute Gasteiger partial charge is 0.433 e. The summed E-state index contributed by atoms with van der Waals surface area (Å²) in [6.07, 6.45) is 1.95. The number of benzene rings is 2. The van der Waals surface area contributed by atoms with Gasteiger partial charge in [-0.2, -0.15) is 22.2 Å². The Labute approximate surface area is 252 Å². The van der Waals surface area contributed by atoms with E-state index in [1.165, 1.54) is 25.6 Å². The molecule has 4 rings (SSSR count). The Balaban J connectivity index is 0.00000294. The minimum atomic E-state index is -5.29. The van der Waals surface area contributed by atoms with Crippen LogP contribution in [-0.4, -0.2) is 56.8 Å². The zero-order valence-electron chi connectivity index (χ0n) is 21.7. The minimum Gasteiger partial charge on any atom is -0.433 e. The van der Waals surface area contributed by atoms with Gasteiger partial charge < -0.3 is 29.0 Å². The molecule has 2 aromatic carbocycles. The Hall–Kier alpha value is -2.48. The van der Waals surface area contributed by atoms with E-state index >= 15 is 0 Å². The molecule has 0 fully saturated rings. The van der Waals surface area contributed by atoms with Crippen LogP contribution in [0.4, 0.5) is 35.8 Å². The fourth-order valence-electron chi connectivity index (χ4n) is 4.01. The summed E-state index contributed by atoms with van der Waals surface area (Å²) >= 11 is 6.28. The van der Waals surface area contributed by atoms with Crippen molar-refractivity contribution in [2.75, 3.05) is 37.6 Å². The molecule has 1 aliphatic heterocycles. The van der Waals surface area contributed by atoms with Crippen molar-refractivity contribution in [2.45, 2.75) is 19.6 Å². The first-order valence-electron chi connectivity index (χ1n) is 11.4. The average molecular weight is 679 g/mol. The lowest BCUT2D eigenvalue weighted by atomic mass is 9.99. The van der Waals surface area contributed by atoms with E-state index in [-0.39, 0.29) is 69.8 Å². The summed E-state index contributed by atoms with van der Waals surface area (Å²) in [5, 5.41) is 6.01. The number of rotatable bonds is 9. The second-order valence-corrected chi connectivity index (χ2v) is 13.7. The molecule has 0 amide bonds. The number of hydrogen-bond acceptors (Lipinski definition) is 10. The summed E-state index contributed by atoms with van der Waals surface area (Å²) in [5.74, 6) is -0.390. The Morgan fingerprint density at radius 1 is 1.10 bits per heavy atom. The van der Waals surface area contributed by atoms with E-state index in [1.54, 1.807) is 12.1 Å². The predicted octanol–water partition coefficient (Wildman–Crippen LogP) is 5.89. The van der Waals surface area contributed by atoms with Crippen molar-refractivity contribution in [3.63, 3.8) is 0 Å². The van der Waals surface area contributed by atoms with Crippen molar-refractivity contribution in [3.8, 4) is 11.5 Å². The fourth-order valence-corrected chi connectivity index (χ4v) is 5.63. The van der Waals surface area contributed by atoms with Crippen molar-refractivity contribution < 1.29 is 34.6 Å². The maximum absolute atomic E-state index is 13.1. The van der Waals surface area contributed by atoms with Crippen LogP contribution in [0.5, 0.6) is 11.5 Å². The third-order valence-corrected chi connectivity index (χ3v) is 7.91. The van der Waals surface area contributed by atoms with E-state index in [0.717, 1.165) is 29.8 Å². The molecule has 0 bridgehead atoms. The molecule has 2 N–H and O–H groups in total. The van der Waals surface area contributed by atoms with Crippen LogP contribution in [0, 0.1) is 0 Å². The second-order valence-electron chi connectivity index (χ2n) is 9.13. The molecule has 41 heavy (non-hydrogen) atoms. The molecule has 226 valence electrons. The molecule has 10 nitrogen and oxygen atoms in total. The topological polar surface area (TPSA) is 123 Å². The lowest BCUT2D eigenvalue weighted by Crippen LogP contribution is -2.26. The highest BCUT2D eigenvalue weighted by Crippen LogP contribution is 2.41. The molecule has 0 unspecified atom stereocenters. The van der Waals surface area contributed by atoms with Gasteiger partial charge in [-0.05, 0) is 68.3 Å². The molecule has 2 heterocycles. The number of likely N-dealkylation sites (N-methyl/N-ethyl adjacent to an activating group) is 1. The Kier molecular flexibility index (Phi) is 11.6. The first-order valence-corrected chi connectivity index (χ1v) is 15.7. The Morgan fingerprint density at radius 3 is 2.44 bits per heavy atom. The van der Waals surface area contributed by atoms with Crippen LogP contribution in [0.25, 0.3) is 0 Å². The van der Waals surface area contributed by atoms with E-state index in [0.29, 0.717) is 13.0 Å². The van der Waals surface area contributed by atoms with Crippen molar-refractivity contribution >= 4 is 82.5 Å². The number of ether oxygens (including phenoxy) is 1. The molecular weight excluding hydrogens is 653 g/mol. The molecule has 0 saturated carbocycles. The maximum atomic E-state index is 13.1. The van der Waals surface area contributed by atoms with Gasteiger partial charge in [-0.3, -0.25) is 0 Å². The van der Waals surface area contributed by atoms with E-state index in [2.05, 4.69) is 29.7 Å². The lowest BCUT2D eigenvalue weighted by molar-refractivity contribution is -0.0494. The van der Waals surface area contributed by atoms with Crippen molar-refractivity contribution in [2.24, 2.45) is 0 Å². The van der Waals surface area contributed by atoms with Crippen LogP contribution in [0.2, 0.25) is 5.02 Å². The van der Waals surface area contributed by atoms with Gasteiger partial charge in [0.1, 0.15) is 23.7 Å². The molecule has 1 aliphatic rings. The molecular formula is C23H26Cl3F3N5O5PS. The Morgan fingerprint density at radius 2 is 1.80 bits per heavy atom. The summed E-state index contributed by atoms with van der Waals surface area (Å²) < 4.78 is 83.0. The summed E-state index contributed by atoms with van der Waals surface area (Å²) in [7, 11) is -6.40. The van der Waals surface area contributed by atoms with Gasteiger partial charge in [-0.15, -0.1) is 24.8 Å². The fraction of sp³-hybridized carbons (Fsp3) is 0.304. The maximum Gasteiger partial charge on any atom is 0.488 e. The molecule has 0 spiro atoms. The van der Waals surface area contributed by atoms with Gasteiger partial charge in [0, 0.05) is 18.4 Å². The molecule has 0 saturated heterocycles. The van der Waals surface area contributed by atoms with Crippen LogP contribution in [0.1, 0.15) is 11.1 Å². The van der Waals surface area contributed by atoms with Gasteiger partial charge in [-0.25, -0.2) is 4.98 Å². The van der Waals surface area contributed by atoms with Crippen LogP contribution in [0.15, 0.2) is 36.5 Å². The zero-order chi connectivity index (χ0) is 28.5. The van der Waals surface area contributed by atoms with Crippen LogP contribution in [-0.2, 0) is 28.0 Å². The number of nitrogens with zero attached hydrogens (tertiary/aromatic N) is 3. The number of alkyl halides is 2. The first kappa shape index (κ1) is 34.7. The molecule has 0 aliphatic carbocycles. The largest absolute Gasteiger partial charge is 0.488 e. The monoisotopic (exact) mass is 677 g/mol. The molecule has 1 aromatic heterocycles. The number of halogens is 6. The second kappa shape index (κ2) is 13.7. The molecule has 0 radical (unpaired) electrons. The summed E-state index contributed by atoms with van der Waals surface area (Å²) in [6, 6.07) is 6.89. The standard InChI is InChI=1S/C23H24ClF3N5O5PS.2ClH/c1-32-7-6-13-9-19(36-22(25)26)18(8-14(13)12-32)30-23-28-11-16(24)21(31-23)29-17-5-4-15(37-39(27,34)35)10-20(17)38(2,3)33;;/h4-5,8-11,22H,6-7,12H2,1-3H3,(H2,28,29,30,31);2*1H. The highest BCUT2D eigenvalue weighted by molar-refractivity contribution is 7.81. The van der Waals surface area contributed by atoms with Crippen LogP contribution in [0.3, 0.4) is 0 Å². The lowest BCUT2D eigenvalue weighted by Gasteiger charge is -2.26. The summed E-state index contributed by atoms with van der Waals surface area (Å²) in [4.78, 5) is 10.5. The molecule has 3 aromatic rings. The number of anilines is 4. The normalized spacial score (nSPS) is 13.5. The Bertz CT molecular complexity index is 1570. The van der Waals surface area contributed by atoms with Gasteiger partial charge in [-0.1, -0.05) is 15.5 Å². The van der Waals surface area contributed by atoms with Gasteiger partial charge in [0.15, 0.2) is 5.82 Å². The zero-order valence-corrected chi connectivity index (χ0v) is 25.8. The molecule has 18 heteroatoms. The van der Waals surface area contributed by atoms with E-state index in [4.69, 9.17) is 16.3 Å². The van der Waals surface area contributed by atoms with E-state index in [9.17, 15) is 25.6 Å².